The molecule has 3 aromatic carbocycles. The van der Waals surface area contributed by atoms with Crippen molar-refractivity contribution in [2.75, 3.05) is 14.2 Å². The quantitative estimate of drug-likeness (QED) is 0.419. The summed E-state index contributed by atoms with van der Waals surface area (Å²) in [5.74, 6) is 2.53. The molecule has 0 aliphatic heterocycles. The minimum atomic E-state index is -0.0251. The van der Waals surface area contributed by atoms with Crippen LogP contribution in [-0.2, 0) is 0 Å². The highest BCUT2D eigenvalue weighted by Gasteiger charge is 2.24. The average Bonchev–Trinajstić information content (AvgIpc) is 3.61. The Morgan fingerprint density at radius 3 is 2.47 bits per heavy atom. The first-order chi connectivity index (χ1) is 15.2. The smallest absolute Gasteiger partial charge is 0.252 e. The highest BCUT2D eigenvalue weighted by atomic mass is 35.5. The van der Waals surface area contributed by atoms with E-state index >= 15 is 0 Å². The second-order valence-corrected chi connectivity index (χ2v) is 7.57. The third kappa shape index (κ3) is 4.14. The highest BCUT2D eigenvalue weighted by Crippen LogP contribution is 2.37. The molecule has 1 aromatic heterocycles. The van der Waals surface area contributed by atoms with E-state index < -0.39 is 0 Å². The number of fused-ring (bicyclic) bond motifs is 2. The predicted octanol–water partition coefficient (Wildman–Crippen LogP) is 5.51. The van der Waals surface area contributed by atoms with Crippen LogP contribution in [-0.4, -0.2) is 31.2 Å². The van der Waals surface area contributed by atoms with Crippen molar-refractivity contribution in [3.8, 4) is 23.0 Å². The molecule has 0 bridgehead atoms. The van der Waals surface area contributed by atoms with Gasteiger partial charge in [-0.05, 0) is 60.0 Å². The van der Waals surface area contributed by atoms with Gasteiger partial charge in [0, 0.05) is 29.3 Å². The Morgan fingerprint density at radius 2 is 1.72 bits per heavy atom. The molecule has 1 aliphatic rings. The fraction of sp³-hybridized carbons (Fsp3) is 0.200. The number of carbonyl (C=O) groups is 1. The average molecular weight is 451 g/mol. The van der Waals surface area contributed by atoms with Gasteiger partial charge in [0.15, 0.2) is 11.5 Å². The van der Waals surface area contributed by atoms with E-state index in [1.54, 1.807) is 20.4 Å². The maximum absolute atomic E-state index is 12.6. The van der Waals surface area contributed by atoms with Crippen molar-refractivity contribution in [2.24, 2.45) is 0 Å². The molecule has 7 heteroatoms. The summed E-state index contributed by atoms with van der Waals surface area (Å²) in [5, 5.41) is 5.72. The summed E-state index contributed by atoms with van der Waals surface area (Å²) in [7, 11) is 3.19. The first kappa shape index (κ1) is 21.7. The first-order valence-electron chi connectivity index (χ1n) is 10.2. The summed E-state index contributed by atoms with van der Waals surface area (Å²) >= 11 is 0. The van der Waals surface area contributed by atoms with Crippen molar-refractivity contribution in [3.63, 3.8) is 0 Å². The number of pyridine rings is 1. The Labute approximate surface area is 191 Å². The Hall–Kier alpha value is -3.51. The Bertz CT molecular complexity index is 1300. The molecule has 6 nitrogen and oxygen atoms in total. The maximum atomic E-state index is 12.6. The zero-order chi connectivity index (χ0) is 21.4. The van der Waals surface area contributed by atoms with Gasteiger partial charge >= 0.3 is 0 Å². The van der Waals surface area contributed by atoms with Crippen LogP contribution in [0.2, 0.25) is 0 Å². The molecule has 1 amide bonds. The monoisotopic (exact) mass is 450 g/mol. The zero-order valence-corrected chi connectivity index (χ0v) is 18.6. The number of halogens is 1. The molecule has 1 saturated carbocycles. The van der Waals surface area contributed by atoms with Gasteiger partial charge in [-0.15, -0.1) is 12.4 Å². The lowest BCUT2D eigenvalue weighted by molar-refractivity contribution is 0.0952. The summed E-state index contributed by atoms with van der Waals surface area (Å²) < 4.78 is 17.0. The van der Waals surface area contributed by atoms with E-state index in [9.17, 15) is 4.79 Å². The molecule has 0 radical (unpaired) electrons. The van der Waals surface area contributed by atoms with Gasteiger partial charge in [-0.2, -0.15) is 0 Å². The van der Waals surface area contributed by atoms with Gasteiger partial charge in [0.1, 0.15) is 11.5 Å². The fourth-order valence-corrected chi connectivity index (χ4v) is 3.68. The number of amides is 1. The lowest BCUT2D eigenvalue weighted by Gasteiger charge is -2.13. The van der Waals surface area contributed by atoms with Crippen LogP contribution in [0, 0.1) is 0 Å². The molecule has 5 rings (SSSR count). The predicted molar refractivity (Wildman–Crippen MR) is 127 cm³/mol. The number of rotatable bonds is 6. The molecule has 0 spiro atoms. The fourth-order valence-electron chi connectivity index (χ4n) is 3.68. The number of ether oxygens (including phenoxy) is 3. The van der Waals surface area contributed by atoms with Gasteiger partial charge in [-0.1, -0.05) is 12.1 Å². The van der Waals surface area contributed by atoms with Crippen molar-refractivity contribution in [1.29, 1.82) is 0 Å². The number of hydrogen-bond acceptors (Lipinski definition) is 5. The van der Waals surface area contributed by atoms with Crippen molar-refractivity contribution < 1.29 is 19.0 Å². The van der Waals surface area contributed by atoms with Gasteiger partial charge in [0.2, 0.25) is 0 Å². The Kier molecular flexibility index (Phi) is 6.06. The second-order valence-electron chi connectivity index (χ2n) is 7.57. The van der Waals surface area contributed by atoms with Crippen molar-refractivity contribution in [3.05, 3.63) is 66.4 Å². The Balaban J connectivity index is 0.00000245. The molecule has 164 valence electrons. The van der Waals surface area contributed by atoms with Crippen LogP contribution in [0.15, 0.2) is 60.8 Å². The van der Waals surface area contributed by atoms with Crippen molar-refractivity contribution in [1.82, 2.24) is 10.3 Å². The second kappa shape index (κ2) is 8.93. The highest BCUT2D eigenvalue weighted by molar-refractivity contribution is 6.07. The van der Waals surface area contributed by atoms with E-state index in [1.165, 1.54) is 0 Å². The van der Waals surface area contributed by atoms with E-state index in [0.717, 1.165) is 34.5 Å². The number of methoxy groups -OCH3 is 2. The van der Waals surface area contributed by atoms with Crippen molar-refractivity contribution in [2.45, 2.75) is 18.9 Å². The zero-order valence-electron chi connectivity index (χ0n) is 17.8. The molecule has 4 aromatic rings. The van der Waals surface area contributed by atoms with Crippen LogP contribution in [0.25, 0.3) is 21.7 Å². The topological polar surface area (TPSA) is 69.7 Å². The summed E-state index contributed by atoms with van der Waals surface area (Å²) in [6.45, 7) is 0. The van der Waals surface area contributed by atoms with E-state index in [0.29, 0.717) is 34.6 Å². The number of carbonyl (C=O) groups excluding carboxylic acids is 1. The molecule has 0 atom stereocenters. The minimum absolute atomic E-state index is 0. The number of aromatic nitrogens is 1. The third-order valence-corrected chi connectivity index (χ3v) is 5.44. The van der Waals surface area contributed by atoms with Gasteiger partial charge in [0.25, 0.3) is 5.91 Å². The van der Waals surface area contributed by atoms with Crippen LogP contribution in [0.1, 0.15) is 23.2 Å². The first-order valence-corrected chi connectivity index (χ1v) is 10.2. The number of nitrogens with zero attached hydrogens (tertiary/aromatic N) is 1. The van der Waals surface area contributed by atoms with E-state index in [-0.39, 0.29) is 18.3 Å². The minimum Gasteiger partial charge on any atom is -0.493 e. The van der Waals surface area contributed by atoms with Crippen LogP contribution in [0.4, 0.5) is 0 Å². The van der Waals surface area contributed by atoms with Crippen molar-refractivity contribution >= 4 is 40.0 Å². The summed E-state index contributed by atoms with van der Waals surface area (Å²) in [5.41, 5.74) is 1.43. The maximum Gasteiger partial charge on any atom is 0.252 e. The van der Waals surface area contributed by atoms with E-state index in [1.807, 2.05) is 54.6 Å². The molecule has 1 aliphatic carbocycles. The van der Waals surface area contributed by atoms with Gasteiger partial charge in [-0.25, -0.2) is 0 Å². The van der Waals surface area contributed by atoms with Gasteiger partial charge in [-0.3, -0.25) is 9.78 Å². The van der Waals surface area contributed by atoms with E-state index in [4.69, 9.17) is 14.2 Å². The molecular formula is C25H23ClN2O4. The summed E-state index contributed by atoms with van der Waals surface area (Å²) in [4.78, 5) is 17.0. The largest absolute Gasteiger partial charge is 0.493 e. The summed E-state index contributed by atoms with van der Waals surface area (Å²) in [6, 6.07) is 17.3. The van der Waals surface area contributed by atoms with Gasteiger partial charge < -0.3 is 19.5 Å². The SMILES string of the molecule is COc1cc2nccc(Oc3ccc4c(C(=O)NC5CC5)cccc4c3)c2cc1OC.Cl. The van der Waals surface area contributed by atoms with Gasteiger partial charge in [0.05, 0.1) is 19.7 Å². The third-order valence-electron chi connectivity index (χ3n) is 5.44. The molecule has 0 unspecified atom stereocenters. The lowest BCUT2D eigenvalue weighted by Crippen LogP contribution is -2.25. The molecule has 0 saturated heterocycles. The number of hydrogen-bond donors (Lipinski definition) is 1. The Morgan fingerprint density at radius 1 is 0.938 bits per heavy atom. The molecule has 32 heavy (non-hydrogen) atoms. The molecule has 1 fully saturated rings. The van der Waals surface area contributed by atoms with E-state index in [2.05, 4.69) is 10.3 Å². The van der Waals surface area contributed by atoms with Crippen LogP contribution in [0.5, 0.6) is 23.0 Å². The molecular weight excluding hydrogens is 428 g/mol. The number of benzene rings is 3. The lowest BCUT2D eigenvalue weighted by atomic mass is 10.0. The molecule has 1 N–H and O–H groups in total. The van der Waals surface area contributed by atoms with Crippen LogP contribution >= 0.6 is 12.4 Å². The standard InChI is InChI=1S/C25H22N2O4.ClH/c1-29-23-13-20-21(14-24(23)30-2)26-11-10-22(20)31-17-8-9-18-15(12-17)4-3-5-19(18)25(28)27-16-6-7-16;/h3-5,8-14,16H,6-7H2,1-2H3,(H,27,28);1H. The summed E-state index contributed by atoms with van der Waals surface area (Å²) in [6.07, 6.45) is 3.82. The van der Waals surface area contributed by atoms with Crippen LogP contribution in [0.3, 0.4) is 0 Å². The van der Waals surface area contributed by atoms with Crippen LogP contribution < -0.4 is 19.5 Å². The normalized spacial score (nSPS) is 12.8. The number of nitrogens with one attached hydrogen (secondary N) is 1. The molecule has 1 heterocycles.